The summed E-state index contributed by atoms with van der Waals surface area (Å²) in [6, 6.07) is 4.35. The molecule has 16 heavy (non-hydrogen) atoms. The molecule has 0 spiro atoms. The molecule has 1 unspecified atom stereocenters. The SMILES string of the molecule is CCc1ccc(CC(N)c2nccn2C)s1. The molecule has 2 aromatic rings. The number of aryl methyl sites for hydroxylation is 2. The van der Waals surface area contributed by atoms with Crippen molar-refractivity contribution >= 4 is 11.3 Å². The van der Waals surface area contributed by atoms with E-state index in [2.05, 4.69) is 24.0 Å². The first-order valence-electron chi connectivity index (χ1n) is 5.51. The molecule has 4 heteroatoms. The molecule has 0 aromatic carbocycles. The smallest absolute Gasteiger partial charge is 0.125 e. The van der Waals surface area contributed by atoms with Gasteiger partial charge in [0.15, 0.2) is 0 Å². The van der Waals surface area contributed by atoms with Gasteiger partial charge in [-0.15, -0.1) is 11.3 Å². The van der Waals surface area contributed by atoms with E-state index in [1.165, 1.54) is 9.75 Å². The van der Waals surface area contributed by atoms with Gasteiger partial charge in [-0.05, 0) is 18.6 Å². The molecule has 86 valence electrons. The van der Waals surface area contributed by atoms with Crippen LogP contribution in [0.2, 0.25) is 0 Å². The summed E-state index contributed by atoms with van der Waals surface area (Å²) in [4.78, 5) is 7.04. The maximum atomic E-state index is 6.15. The predicted octanol–water partition coefficient (Wildman–Crippen LogP) is 2.29. The normalized spacial score (nSPS) is 12.9. The van der Waals surface area contributed by atoms with E-state index in [-0.39, 0.29) is 6.04 Å². The fourth-order valence-electron chi connectivity index (χ4n) is 1.76. The minimum absolute atomic E-state index is 0.0108. The molecule has 0 saturated carbocycles. The first kappa shape index (κ1) is 11.4. The molecule has 0 aliphatic carbocycles. The Labute approximate surface area is 99.9 Å². The van der Waals surface area contributed by atoms with Crippen LogP contribution in [-0.2, 0) is 19.9 Å². The lowest BCUT2D eigenvalue weighted by molar-refractivity contribution is 0.637. The van der Waals surface area contributed by atoms with Crippen LogP contribution in [0.1, 0.15) is 28.5 Å². The van der Waals surface area contributed by atoms with Gasteiger partial charge in [0.1, 0.15) is 5.82 Å². The summed E-state index contributed by atoms with van der Waals surface area (Å²) in [7, 11) is 1.98. The van der Waals surface area contributed by atoms with Crippen molar-refractivity contribution in [2.45, 2.75) is 25.8 Å². The van der Waals surface area contributed by atoms with E-state index in [9.17, 15) is 0 Å². The molecule has 2 aromatic heterocycles. The molecular weight excluding hydrogens is 218 g/mol. The average molecular weight is 235 g/mol. The van der Waals surface area contributed by atoms with Gasteiger partial charge in [0.05, 0.1) is 6.04 Å². The van der Waals surface area contributed by atoms with Gasteiger partial charge >= 0.3 is 0 Å². The number of rotatable bonds is 4. The highest BCUT2D eigenvalue weighted by molar-refractivity contribution is 7.11. The molecular formula is C12H17N3S. The zero-order chi connectivity index (χ0) is 11.5. The Bertz CT molecular complexity index is 458. The predicted molar refractivity (Wildman–Crippen MR) is 67.5 cm³/mol. The minimum atomic E-state index is -0.0108. The zero-order valence-corrected chi connectivity index (χ0v) is 10.5. The van der Waals surface area contributed by atoms with E-state index in [0.29, 0.717) is 0 Å². The van der Waals surface area contributed by atoms with Crippen molar-refractivity contribution in [1.82, 2.24) is 9.55 Å². The maximum absolute atomic E-state index is 6.15. The average Bonchev–Trinajstić information content (AvgIpc) is 2.86. The van der Waals surface area contributed by atoms with Crippen molar-refractivity contribution in [3.8, 4) is 0 Å². The fourth-order valence-corrected chi connectivity index (χ4v) is 2.78. The van der Waals surface area contributed by atoms with Crippen LogP contribution in [0.3, 0.4) is 0 Å². The van der Waals surface area contributed by atoms with Gasteiger partial charge in [0.25, 0.3) is 0 Å². The highest BCUT2D eigenvalue weighted by Gasteiger charge is 2.12. The number of hydrogen-bond acceptors (Lipinski definition) is 3. The second-order valence-electron chi connectivity index (χ2n) is 3.93. The van der Waals surface area contributed by atoms with Crippen LogP contribution < -0.4 is 5.73 Å². The summed E-state index contributed by atoms with van der Waals surface area (Å²) in [6.45, 7) is 2.17. The van der Waals surface area contributed by atoms with Crippen LogP contribution in [0.4, 0.5) is 0 Å². The van der Waals surface area contributed by atoms with Gasteiger partial charge in [-0.1, -0.05) is 6.92 Å². The van der Waals surface area contributed by atoms with Gasteiger partial charge in [-0.2, -0.15) is 0 Å². The quantitative estimate of drug-likeness (QED) is 0.883. The summed E-state index contributed by atoms with van der Waals surface area (Å²) in [5.41, 5.74) is 6.15. The molecule has 2 heterocycles. The van der Waals surface area contributed by atoms with Crippen LogP contribution in [0.15, 0.2) is 24.5 Å². The van der Waals surface area contributed by atoms with Crippen molar-refractivity contribution in [3.05, 3.63) is 40.1 Å². The summed E-state index contributed by atoms with van der Waals surface area (Å²) in [5.74, 6) is 0.950. The van der Waals surface area contributed by atoms with Crippen molar-refractivity contribution in [1.29, 1.82) is 0 Å². The maximum Gasteiger partial charge on any atom is 0.125 e. The number of hydrogen-bond donors (Lipinski definition) is 1. The Morgan fingerprint density at radius 2 is 2.19 bits per heavy atom. The van der Waals surface area contributed by atoms with Crippen LogP contribution in [-0.4, -0.2) is 9.55 Å². The Hall–Kier alpha value is -1.13. The van der Waals surface area contributed by atoms with Crippen LogP contribution >= 0.6 is 11.3 Å². The van der Waals surface area contributed by atoms with Gasteiger partial charge < -0.3 is 10.3 Å². The largest absolute Gasteiger partial charge is 0.337 e. The monoisotopic (exact) mass is 235 g/mol. The Kier molecular flexibility index (Phi) is 3.41. The number of nitrogens with zero attached hydrogens (tertiary/aromatic N) is 2. The first-order valence-corrected chi connectivity index (χ1v) is 6.32. The lowest BCUT2D eigenvalue weighted by Gasteiger charge is -2.09. The van der Waals surface area contributed by atoms with Gasteiger partial charge in [-0.25, -0.2) is 4.98 Å². The lowest BCUT2D eigenvalue weighted by atomic mass is 10.2. The molecule has 1 atom stereocenters. The molecule has 0 aliphatic rings. The Morgan fingerprint density at radius 3 is 2.75 bits per heavy atom. The van der Waals surface area contributed by atoms with Crippen molar-refractivity contribution in [2.24, 2.45) is 12.8 Å². The molecule has 3 nitrogen and oxygen atoms in total. The standard InChI is InChI=1S/C12H17N3S/c1-3-9-4-5-10(16-9)8-11(13)12-14-6-7-15(12)2/h4-7,11H,3,8,13H2,1-2H3. The van der Waals surface area contributed by atoms with Gasteiger partial charge in [-0.3, -0.25) is 0 Å². The Balaban J connectivity index is 2.07. The first-order chi connectivity index (χ1) is 7.70. The molecule has 0 fully saturated rings. The fraction of sp³-hybridized carbons (Fsp3) is 0.417. The van der Waals surface area contributed by atoms with Crippen molar-refractivity contribution in [3.63, 3.8) is 0 Å². The van der Waals surface area contributed by atoms with E-state index in [1.54, 1.807) is 6.20 Å². The van der Waals surface area contributed by atoms with E-state index < -0.39 is 0 Å². The molecule has 2 rings (SSSR count). The third-order valence-electron chi connectivity index (χ3n) is 2.68. The third kappa shape index (κ3) is 2.33. The van der Waals surface area contributed by atoms with Crippen LogP contribution in [0.25, 0.3) is 0 Å². The molecule has 0 bridgehead atoms. The lowest BCUT2D eigenvalue weighted by Crippen LogP contribution is -2.17. The number of imidazole rings is 1. The second kappa shape index (κ2) is 4.80. The minimum Gasteiger partial charge on any atom is -0.337 e. The molecule has 0 amide bonds. The third-order valence-corrected chi connectivity index (χ3v) is 3.93. The molecule has 0 saturated heterocycles. The highest BCUT2D eigenvalue weighted by Crippen LogP contribution is 2.21. The van der Waals surface area contributed by atoms with Gasteiger partial charge in [0, 0.05) is 35.6 Å². The topological polar surface area (TPSA) is 43.8 Å². The van der Waals surface area contributed by atoms with Crippen LogP contribution in [0, 0.1) is 0 Å². The molecule has 2 N–H and O–H groups in total. The zero-order valence-electron chi connectivity index (χ0n) is 9.68. The Morgan fingerprint density at radius 1 is 1.44 bits per heavy atom. The van der Waals surface area contributed by atoms with Gasteiger partial charge in [0.2, 0.25) is 0 Å². The summed E-state index contributed by atoms with van der Waals surface area (Å²) in [6.07, 6.45) is 5.69. The van der Waals surface area contributed by atoms with E-state index in [0.717, 1.165) is 18.7 Å². The van der Waals surface area contributed by atoms with E-state index in [1.807, 2.05) is 29.1 Å². The molecule has 0 aliphatic heterocycles. The summed E-state index contributed by atoms with van der Waals surface area (Å²) < 4.78 is 1.99. The van der Waals surface area contributed by atoms with E-state index in [4.69, 9.17) is 5.73 Å². The number of thiophene rings is 1. The second-order valence-corrected chi connectivity index (χ2v) is 5.18. The van der Waals surface area contributed by atoms with E-state index >= 15 is 0 Å². The van der Waals surface area contributed by atoms with Crippen molar-refractivity contribution in [2.75, 3.05) is 0 Å². The highest BCUT2D eigenvalue weighted by atomic mass is 32.1. The van der Waals surface area contributed by atoms with Crippen molar-refractivity contribution < 1.29 is 0 Å². The summed E-state index contributed by atoms with van der Waals surface area (Å²) >= 11 is 1.85. The number of nitrogens with two attached hydrogens (primary N) is 1. The number of aromatic nitrogens is 2. The van der Waals surface area contributed by atoms with Crippen LogP contribution in [0.5, 0.6) is 0 Å². The summed E-state index contributed by atoms with van der Waals surface area (Å²) in [5, 5.41) is 0. The molecule has 0 radical (unpaired) electrons.